The van der Waals surface area contributed by atoms with E-state index in [-0.39, 0.29) is 0 Å². The number of ether oxygens (including phenoxy) is 3. The summed E-state index contributed by atoms with van der Waals surface area (Å²) in [4.78, 5) is 4.70. The van der Waals surface area contributed by atoms with Crippen molar-refractivity contribution in [3.63, 3.8) is 0 Å². The zero-order valence-corrected chi connectivity index (χ0v) is 17.5. The first-order valence-electron chi connectivity index (χ1n) is 8.53. The van der Waals surface area contributed by atoms with Gasteiger partial charge in [0.1, 0.15) is 0 Å². The van der Waals surface area contributed by atoms with E-state index in [1.54, 1.807) is 21.3 Å². The monoisotopic (exact) mass is 442 g/mol. The van der Waals surface area contributed by atoms with E-state index >= 15 is 0 Å². The average Bonchev–Trinajstić information content (AvgIpc) is 3.32. The average molecular weight is 443 g/mol. The number of hydrogen-bond donors (Lipinski definition) is 1. The molecule has 0 aliphatic carbocycles. The minimum atomic E-state index is 0.532. The molecule has 8 heteroatoms. The highest BCUT2D eigenvalue weighted by atomic mass is 79.9. The highest BCUT2D eigenvalue weighted by Gasteiger charge is 2.18. The van der Waals surface area contributed by atoms with Gasteiger partial charge in [-0.15, -0.1) is 0 Å². The molecular weight excluding hydrogens is 424 g/mol. The lowest BCUT2D eigenvalue weighted by Crippen LogP contribution is -1.96. The number of fused-ring (bicyclic) bond motifs is 1. The highest BCUT2D eigenvalue weighted by molar-refractivity contribution is 9.10. The smallest absolute Gasteiger partial charge is 0.203 e. The Bertz CT molecular complexity index is 1140. The first kappa shape index (κ1) is 18.4. The minimum Gasteiger partial charge on any atom is -0.493 e. The topological polar surface area (TPSA) is 74.2 Å². The van der Waals surface area contributed by atoms with Crippen molar-refractivity contribution in [3.8, 4) is 40.0 Å². The fourth-order valence-electron chi connectivity index (χ4n) is 3.27. The Morgan fingerprint density at radius 2 is 1.71 bits per heavy atom. The van der Waals surface area contributed by atoms with Gasteiger partial charge >= 0.3 is 0 Å². The molecule has 0 fully saturated rings. The van der Waals surface area contributed by atoms with Crippen molar-refractivity contribution in [1.29, 1.82) is 0 Å². The molecule has 0 bridgehead atoms. The van der Waals surface area contributed by atoms with Crippen molar-refractivity contribution < 1.29 is 14.2 Å². The van der Waals surface area contributed by atoms with Gasteiger partial charge in [-0.3, -0.25) is 5.10 Å². The van der Waals surface area contributed by atoms with Crippen molar-refractivity contribution in [2.75, 3.05) is 21.3 Å². The molecule has 0 saturated heterocycles. The summed E-state index contributed by atoms with van der Waals surface area (Å²) in [6.07, 6.45) is 2.04. The third-order valence-electron chi connectivity index (χ3n) is 4.62. The third kappa shape index (κ3) is 2.99. The summed E-state index contributed by atoms with van der Waals surface area (Å²) in [5, 5.41) is 8.54. The van der Waals surface area contributed by atoms with E-state index in [1.807, 2.05) is 31.4 Å². The van der Waals surface area contributed by atoms with Gasteiger partial charge < -0.3 is 18.8 Å². The molecule has 1 N–H and O–H groups in total. The molecule has 0 radical (unpaired) electrons. The molecule has 2 aromatic carbocycles. The number of rotatable bonds is 5. The van der Waals surface area contributed by atoms with Crippen molar-refractivity contribution in [3.05, 3.63) is 41.0 Å². The Morgan fingerprint density at radius 1 is 1.00 bits per heavy atom. The van der Waals surface area contributed by atoms with E-state index in [9.17, 15) is 0 Å². The van der Waals surface area contributed by atoms with Gasteiger partial charge in [0, 0.05) is 39.7 Å². The van der Waals surface area contributed by atoms with Gasteiger partial charge in [0.05, 0.1) is 21.3 Å². The van der Waals surface area contributed by atoms with Gasteiger partial charge in [0.2, 0.25) is 5.75 Å². The number of benzene rings is 2. The predicted molar refractivity (Wildman–Crippen MR) is 111 cm³/mol. The van der Waals surface area contributed by atoms with Crippen LogP contribution in [0.5, 0.6) is 17.2 Å². The molecule has 0 unspecified atom stereocenters. The molecule has 0 atom stereocenters. The third-order valence-corrected chi connectivity index (χ3v) is 5.11. The van der Waals surface area contributed by atoms with E-state index in [4.69, 9.17) is 19.2 Å². The maximum absolute atomic E-state index is 5.43. The number of nitrogens with one attached hydrogen (secondary N) is 1. The molecule has 28 heavy (non-hydrogen) atoms. The van der Waals surface area contributed by atoms with Crippen LogP contribution in [0.2, 0.25) is 0 Å². The van der Waals surface area contributed by atoms with Crippen molar-refractivity contribution in [2.24, 2.45) is 7.05 Å². The van der Waals surface area contributed by atoms with Crippen LogP contribution < -0.4 is 14.2 Å². The molecule has 0 aliphatic rings. The number of halogens is 1. The van der Waals surface area contributed by atoms with Crippen LogP contribution in [0, 0.1) is 0 Å². The summed E-state index contributed by atoms with van der Waals surface area (Å²) in [6.45, 7) is 0. The summed E-state index contributed by atoms with van der Waals surface area (Å²) in [7, 11) is 6.75. The molecule has 2 aromatic heterocycles. The second-order valence-electron chi connectivity index (χ2n) is 6.24. The minimum absolute atomic E-state index is 0.532. The van der Waals surface area contributed by atoms with E-state index in [0.29, 0.717) is 28.9 Å². The number of nitrogens with zero attached hydrogens (tertiary/aromatic N) is 3. The van der Waals surface area contributed by atoms with E-state index in [0.717, 1.165) is 26.5 Å². The SMILES string of the molecule is COc1cc(-c2n[nH]c(-c3cn(C)c4cc(Br)ccc34)n2)cc(OC)c1OC. The summed E-state index contributed by atoms with van der Waals surface area (Å²) in [5.41, 5.74) is 2.85. The van der Waals surface area contributed by atoms with Gasteiger partial charge in [0.25, 0.3) is 0 Å². The molecule has 0 saturated carbocycles. The maximum atomic E-state index is 5.43. The number of aryl methyl sites for hydroxylation is 1. The standard InChI is InChI=1S/C20H19BrN4O3/c1-25-10-14(13-6-5-12(21)9-15(13)25)20-22-19(23-24-20)11-7-16(26-2)18(28-4)17(8-11)27-3/h5-10H,1-4H3,(H,22,23,24). The molecule has 0 spiro atoms. The molecule has 4 aromatic rings. The molecule has 4 rings (SSSR count). The van der Waals surface area contributed by atoms with Gasteiger partial charge in [0.15, 0.2) is 23.1 Å². The van der Waals surface area contributed by atoms with Crippen LogP contribution >= 0.6 is 15.9 Å². The van der Waals surface area contributed by atoms with Crippen LogP contribution in [0.15, 0.2) is 41.0 Å². The lowest BCUT2D eigenvalue weighted by Gasteiger charge is -2.12. The first-order chi connectivity index (χ1) is 13.5. The second-order valence-corrected chi connectivity index (χ2v) is 7.15. The van der Waals surface area contributed by atoms with E-state index < -0.39 is 0 Å². The number of aromatic nitrogens is 4. The number of hydrogen-bond acceptors (Lipinski definition) is 5. The number of methoxy groups -OCH3 is 3. The lowest BCUT2D eigenvalue weighted by atomic mass is 10.1. The summed E-state index contributed by atoms with van der Waals surface area (Å²) in [6, 6.07) is 9.82. The number of aromatic amines is 1. The largest absolute Gasteiger partial charge is 0.493 e. The maximum Gasteiger partial charge on any atom is 0.203 e. The van der Waals surface area contributed by atoms with Gasteiger partial charge in [-0.25, -0.2) is 4.98 Å². The Kier molecular flexibility index (Phi) is 4.72. The Balaban J connectivity index is 1.81. The molecule has 7 nitrogen and oxygen atoms in total. The normalized spacial score (nSPS) is 11.0. The van der Waals surface area contributed by atoms with Crippen molar-refractivity contribution >= 4 is 26.8 Å². The fourth-order valence-corrected chi connectivity index (χ4v) is 3.62. The quantitative estimate of drug-likeness (QED) is 0.495. The number of H-pyrrole nitrogens is 1. The van der Waals surface area contributed by atoms with Crippen LogP contribution in [-0.2, 0) is 7.05 Å². The lowest BCUT2D eigenvalue weighted by molar-refractivity contribution is 0.324. The first-order valence-corrected chi connectivity index (χ1v) is 9.32. The van der Waals surface area contributed by atoms with Crippen LogP contribution in [0.1, 0.15) is 0 Å². The van der Waals surface area contributed by atoms with Gasteiger partial charge in [-0.2, -0.15) is 5.10 Å². The van der Waals surface area contributed by atoms with E-state index in [1.165, 1.54) is 0 Å². The summed E-state index contributed by atoms with van der Waals surface area (Å²) >= 11 is 3.52. The molecular formula is C20H19BrN4O3. The predicted octanol–water partition coefficient (Wildman–Crippen LogP) is 4.42. The van der Waals surface area contributed by atoms with E-state index in [2.05, 4.69) is 42.8 Å². The van der Waals surface area contributed by atoms with Crippen LogP contribution in [-0.4, -0.2) is 41.1 Å². The molecule has 0 amide bonds. The van der Waals surface area contributed by atoms with Crippen molar-refractivity contribution in [1.82, 2.24) is 19.7 Å². The molecule has 144 valence electrons. The van der Waals surface area contributed by atoms with Crippen LogP contribution in [0.4, 0.5) is 0 Å². The Morgan fingerprint density at radius 3 is 2.36 bits per heavy atom. The molecule has 0 aliphatic heterocycles. The highest BCUT2D eigenvalue weighted by Crippen LogP contribution is 2.41. The van der Waals surface area contributed by atoms with Gasteiger partial charge in [-0.05, 0) is 24.3 Å². The summed E-state index contributed by atoms with van der Waals surface area (Å²) in [5.74, 6) is 2.88. The zero-order valence-electron chi connectivity index (χ0n) is 15.9. The Labute approximate surface area is 170 Å². The van der Waals surface area contributed by atoms with Crippen LogP contribution in [0.3, 0.4) is 0 Å². The van der Waals surface area contributed by atoms with Gasteiger partial charge in [-0.1, -0.05) is 22.0 Å². The van der Waals surface area contributed by atoms with Crippen LogP contribution in [0.25, 0.3) is 33.7 Å². The Hall–Kier alpha value is -3.00. The second kappa shape index (κ2) is 7.20. The summed E-state index contributed by atoms with van der Waals surface area (Å²) < 4.78 is 19.3. The zero-order chi connectivity index (χ0) is 19.8. The fraction of sp³-hybridized carbons (Fsp3) is 0.200. The van der Waals surface area contributed by atoms with Crippen molar-refractivity contribution in [2.45, 2.75) is 0 Å². The molecule has 2 heterocycles.